The van der Waals surface area contributed by atoms with Crippen LogP contribution in [0.1, 0.15) is 71.6 Å². The van der Waals surface area contributed by atoms with Crippen molar-refractivity contribution in [2.75, 3.05) is 13.7 Å². The van der Waals surface area contributed by atoms with Crippen LogP contribution in [0.25, 0.3) is 0 Å². The molecule has 3 heteroatoms. The minimum absolute atomic E-state index is 0.298. The Kier molecular flexibility index (Phi) is 8.18. The Hall–Kier alpha value is -0.590. The molecule has 1 rings (SSSR count). The van der Waals surface area contributed by atoms with Crippen molar-refractivity contribution < 1.29 is 4.74 Å². The third kappa shape index (κ3) is 5.07. The number of hydrogen-bond donors (Lipinski definition) is 1. The highest BCUT2D eigenvalue weighted by molar-refractivity contribution is 5.13. The first kappa shape index (κ1) is 17.5. The van der Waals surface area contributed by atoms with Crippen LogP contribution in [0.15, 0.2) is 0 Å². The van der Waals surface area contributed by atoms with E-state index in [1.54, 1.807) is 0 Å². The molecule has 0 aliphatic heterocycles. The van der Waals surface area contributed by atoms with Gasteiger partial charge in [-0.05, 0) is 45.6 Å². The van der Waals surface area contributed by atoms with Crippen LogP contribution >= 0.6 is 0 Å². The molecule has 0 aromatic heterocycles. The molecule has 1 aliphatic carbocycles. The van der Waals surface area contributed by atoms with Gasteiger partial charge < -0.3 is 10.1 Å². The Morgan fingerprint density at radius 3 is 2.85 bits per heavy atom. The van der Waals surface area contributed by atoms with E-state index in [9.17, 15) is 5.26 Å². The Morgan fingerprint density at radius 2 is 2.20 bits per heavy atom. The van der Waals surface area contributed by atoms with Crippen molar-refractivity contribution in [3.05, 3.63) is 0 Å². The lowest BCUT2D eigenvalue weighted by atomic mass is 9.86. The summed E-state index contributed by atoms with van der Waals surface area (Å²) in [6, 6.07) is 2.50. The standard InChI is InChI=1S/C17H32N2O/c1-4-5-6-7-9-15(2)20-13-11-16-10-8-12-17(16,14-18)19-3/h15-16,19H,4-13H2,1-3H3. The molecule has 0 aromatic rings. The predicted octanol–water partition coefficient (Wildman–Crippen LogP) is 4.03. The van der Waals surface area contributed by atoms with Crippen molar-refractivity contribution in [1.82, 2.24) is 5.32 Å². The molecule has 0 bridgehead atoms. The van der Waals surface area contributed by atoms with Crippen LogP contribution in [0.2, 0.25) is 0 Å². The minimum atomic E-state index is -0.298. The van der Waals surface area contributed by atoms with Gasteiger partial charge in [0, 0.05) is 6.61 Å². The number of unbranched alkanes of at least 4 members (excludes halogenated alkanes) is 3. The van der Waals surface area contributed by atoms with Crippen LogP contribution in [0.3, 0.4) is 0 Å². The highest BCUT2D eigenvalue weighted by Crippen LogP contribution is 2.37. The summed E-state index contributed by atoms with van der Waals surface area (Å²) in [6.45, 7) is 5.21. The summed E-state index contributed by atoms with van der Waals surface area (Å²) >= 11 is 0. The first-order valence-electron chi connectivity index (χ1n) is 8.40. The zero-order chi connectivity index (χ0) is 14.8. The molecular formula is C17H32N2O. The van der Waals surface area contributed by atoms with E-state index in [1.165, 1.54) is 32.1 Å². The molecule has 1 aliphatic rings. The number of nitrogens with one attached hydrogen (secondary N) is 1. The average Bonchev–Trinajstić information content (AvgIpc) is 2.87. The topological polar surface area (TPSA) is 45.0 Å². The SMILES string of the molecule is CCCCCCC(C)OCCC1CCCC1(C#N)NC. The maximum absolute atomic E-state index is 9.41. The molecule has 1 fully saturated rings. The monoisotopic (exact) mass is 280 g/mol. The van der Waals surface area contributed by atoms with Gasteiger partial charge in [-0.3, -0.25) is 0 Å². The van der Waals surface area contributed by atoms with Gasteiger partial charge in [-0.1, -0.05) is 39.0 Å². The van der Waals surface area contributed by atoms with E-state index < -0.39 is 0 Å². The van der Waals surface area contributed by atoms with Crippen molar-refractivity contribution in [3.63, 3.8) is 0 Å². The van der Waals surface area contributed by atoms with Crippen LogP contribution in [0.5, 0.6) is 0 Å². The van der Waals surface area contributed by atoms with E-state index in [1.807, 2.05) is 7.05 Å². The van der Waals surface area contributed by atoms with Gasteiger partial charge in [0.1, 0.15) is 5.54 Å². The summed E-state index contributed by atoms with van der Waals surface area (Å²) in [4.78, 5) is 0. The Bertz CT molecular complexity index is 300. The maximum atomic E-state index is 9.41. The zero-order valence-electron chi connectivity index (χ0n) is 13.6. The molecule has 116 valence electrons. The quantitative estimate of drug-likeness (QED) is 0.614. The highest BCUT2D eigenvalue weighted by atomic mass is 16.5. The number of nitriles is 1. The summed E-state index contributed by atoms with van der Waals surface area (Å²) in [5, 5.41) is 12.7. The van der Waals surface area contributed by atoms with Crippen molar-refractivity contribution in [3.8, 4) is 6.07 Å². The molecule has 3 unspecified atom stereocenters. The lowest BCUT2D eigenvalue weighted by Gasteiger charge is -2.28. The van der Waals surface area contributed by atoms with Gasteiger partial charge in [0.25, 0.3) is 0 Å². The van der Waals surface area contributed by atoms with Crippen LogP contribution in [-0.2, 0) is 4.74 Å². The Balaban J connectivity index is 2.18. The molecule has 0 radical (unpaired) electrons. The van der Waals surface area contributed by atoms with Gasteiger partial charge in [-0.2, -0.15) is 5.26 Å². The lowest BCUT2D eigenvalue weighted by molar-refractivity contribution is 0.0457. The van der Waals surface area contributed by atoms with Gasteiger partial charge in [0.15, 0.2) is 0 Å². The van der Waals surface area contributed by atoms with Crippen LogP contribution in [0, 0.1) is 17.2 Å². The van der Waals surface area contributed by atoms with E-state index in [2.05, 4.69) is 25.2 Å². The third-order valence-corrected chi connectivity index (χ3v) is 4.80. The summed E-state index contributed by atoms with van der Waals surface area (Å²) in [6.07, 6.45) is 11.1. The molecule has 20 heavy (non-hydrogen) atoms. The Labute approximate surface area is 125 Å². The molecule has 1 saturated carbocycles. The molecule has 0 saturated heterocycles. The average molecular weight is 280 g/mol. The summed E-state index contributed by atoms with van der Waals surface area (Å²) in [5.41, 5.74) is -0.298. The predicted molar refractivity (Wildman–Crippen MR) is 83.5 cm³/mol. The summed E-state index contributed by atoms with van der Waals surface area (Å²) in [7, 11) is 1.92. The van der Waals surface area contributed by atoms with E-state index >= 15 is 0 Å². The number of rotatable bonds is 10. The number of nitrogens with zero attached hydrogens (tertiary/aromatic N) is 1. The first-order chi connectivity index (χ1) is 9.68. The van der Waals surface area contributed by atoms with Gasteiger partial charge in [0.05, 0.1) is 12.2 Å². The van der Waals surface area contributed by atoms with E-state index in [4.69, 9.17) is 4.74 Å². The van der Waals surface area contributed by atoms with E-state index in [0.29, 0.717) is 12.0 Å². The fourth-order valence-electron chi connectivity index (χ4n) is 3.35. The molecule has 3 atom stereocenters. The van der Waals surface area contributed by atoms with Crippen molar-refractivity contribution in [2.24, 2.45) is 5.92 Å². The second-order valence-corrected chi connectivity index (χ2v) is 6.24. The minimum Gasteiger partial charge on any atom is -0.378 e. The molecule has 0 aromatic carbocycles. The van der Waals surface area contributed by atoms with Gasteiger partial charge in [-0.25, -0.2) is 0 Å². The number of hydrogen-bond acceptors (Lipinski definition) is 3. The molecule has 0 spiro atoms. The van der Waals surface area contributed by atoms with Crippen LogP contribution < -0.4 is 5.32 Å². The largest absolute Gasteiger partial charge is 0.378 e. The maximum Gasteiger partial charge on any atom is 0.109 e. The first-order valence-corrected chi connectivity index (χ1v) is 8.40. The van der Waals surface area contributed by atoms with Gasteiger partial charge in [-0.15, -0.1) is 0 Å². The summed E-state index contributed by atoms with van der Waals surface area (Å²) < 4.78 is 5.93. The van der Waals surface area contributed by atoms with Crippen molar-refractivity contribution >= 4 is 0 Å². The normalized spacial score (nSPS) is 27.4. The fourth-order valence-corrected chi connectivity index (χ4v) is 3.35. The molecule has 3 nitrogen and oxygen atoms in total. The fraction of sp³-hybridized carbons (Fsp3) is 0.941. The van der Waals surface area contributed by atoms with Gasteiger partial charge in [0.2, 0.25) is 0 Å². The van der Waals surface area contributed by atoms with Gasteiger partial charge >= 0.3 is 0 Å². The third-order valence-electron chi connectivity index (χ3n) is 4.80. The van der Waals surface area contributed by atoms with E-state index in [0.717, 1.165) is 32.3 Å². The van der Waals surface area contributed by atoms with Crippen molar-refractivity contribution in [1.29, 1.82) is 5.26 Å². The second kappa shape index (κ2) is 9.37. The molecule has 0 heterocycles. The van der Waals surface area contributed by atoms with Crippen LogP contribution in [0.4, 0.5) is 0 Å². The van der Waals surface area contributed by atoms with Crippen LogP contribution in [-0.4, -0.2) is 25.3 Å². The smallest absolute Gasteiger partial charge is 0.109 e. The summed E-state index contributed by atoms with van der Waals surface area (Å²) in [5.74, 6) is 0.449. The lowest BCUT2D eigenvalue weighted by Crippen LogP contribution is -2.45. The second-order valence-electron chi connectivity index (χ2n) is 6.24. The van der Waals surface area contributed by atoms with E-state index in [-0.39, 0.29) is 5.54 Å². The Morgan fingerprint density at radius 1 is 1.40 bits per heavy atom. The molecule has 0 amide bonds. The highest BCUT2D eigenvalue weighted by Gasteiger charge is 2.41. The zero-order valence-corrected chi connectivity index (χ0v) is 13.6. The number of ether oxygens (including phenoxy) is 1. The van der Waals surface area contributed by atoms with Crippen molar-refractivity contribution in [2.45, 2.75) is 83.3 Å². The molecular weight excluding hydrogens is 248 g/mol. The molecule has 1 N–H and O–H groups in total.